The molecule has 0 amide bonds. The van der Waals surface area contributed by atoms with Gasteiger partial charge in [0.25, 0.3) is 0 Å². The molecule has 2 aromatic rings. The molecule has 0 radical (unpaired) electrons. The monoisotopic (exact) mass is 541 g/mol. The maximum Gasteiger partial charge on any atom is 0.201 e. The van der Waals surface area contributed by atoms with Crippen LogP contribution in [0.1, 0.15) is 90.9 Å². The van der Waals surface area contributed by atoms with Crippen LogP contribution in [0.2, 0.25) is 5.02 Å². The lowest BCUT2D eigenvalue weighted by molar-refractivity contribution is -0.511. The Balaban J connectivity index is 0.919. The molecule has 3 saturated carbocycles. The minimum atomic E-state index is -0.517. The zero-order valence-corrected chi connectivity index (χ0v) is 23.8. The molecule has 38 heavy (non-hydrogen) atoms. The van der Waals surface area contributed by atoms with Gasteiger partial charge in [-0.2, -0.15) is 0 Å². The molecule has 1 saturated heterocycles. The van der Waals surface area contributed by atoms with Crippen molar-refractivity contribution in [1.29, 1.82) is 0 Å². The Kier molecular flexibility index (Phi) is 7.89. The van der Waals surface area contributed by atoms with Crippen molar-refractivity contribution in [2.75, 3.05) is 11.9 Å². The Morgan fingerprint density at radius 1 is 0.816 bits per heavy atom. The summed E-state index contributed by atoms with van der Waals surface area (Å²) in [5, 5.41) is 9.72. The van der Waals surface area contributed by atoms with Gasteiger partial charge in [-0.25, -0.2) is 9.78 Å². The van der Waals surface area contributed by atoms with Crippen LogP contribution in [0.3, 0.4) is 0 Å². The molecular formula is C31H44ClN3O3. The van der Waals surface area contributed by atoms with Gasteiger partial charge >= 0.3 is 0 Å². The second-order valence-electron chi connectivity index (χ2n) is 13.0. The number of halogens is 1. The summed E-state index contributed by atoms with van der Waals surface area (Å²) in [6.07, 6.45) is 16.5. The van der Waals surface area contributed by atoms with Gasteiger partial charge in [0.2, 0.25) is 5.79 Å². The quantitative estimate of drug-likeness (QED) is 0.384. The smallest absolute Gasteiger partial charge is 0.201 e. The third kappa shape index (κ3) is 6.15. The standard InChI is InChI=1S/C31H44ClN3O3/c1-30(2)20-36-31(38-37-30)16-13-26(14-17-31)34-24-8-3-21(4-9-24)22-5-10-25(11-6-22)35-28-15-18-33-29-19-23(32)7-12-27(28)29/h7,12,15,18-19,21-22,24-26,34H,3-6,8-11,13-14,16-17,20H2,1-2H3,(H,33,35). The maximum absolute atomic E-state index is 6.17. The number of rotatable bonds is 5. The molecule has 0 bridgehead atoms. The first-order valence-electron chi connectivity index (χ1n) is 14.9. The van der Waals surface area contributed by atoms with Gasteiger partial charge in [0, 0.05) is 53.3 Å². The van der Waals surface area contributed by atoms with Gasteiger partial charge in [0.1, 0.15) is 5.60 Å². The lowest BCUT2D eigenvalue weighted by Gasteiger charge is -2.46. The van der Waals surface area contributed by atoms with Gasteiger partial charge in [-0.15, -0.1) is 0 Å². The zero-order valence-electron chi connectivity index (χ0n) is 23.0. The number of anilines is 1. The number of ether oxygens (including phenoxy) is 1. The van der Waals surface area contributed by atoms with Crippen LogP contribution in [0.25, 0.3) is 10.9 Å². The predicted molar refractivity (Wildman–Crippen MR) is 152 cm³/mol. The summed E-state index contributed by atoms with van der Waals surface area (Å²) < 4.78 is 6.12. The molecule has 6 rings (SSSR count). The van der Waals surface area contributed by atoms with Gasteiger partial charge in [-0.1, -0.05) is 11.6 Å². The van der Waals surface area contributed by atoms with Crippen molar-refractivity contribution in [3.05, 3.63) is 35.5 Å². The summed E-state index contributed by atoms with van der Waals surface area (Å²) in [5.74, 6) is 1.27. The van der Waals surface area contributed by atoms with E-state index in [1.54, 1.807) is 0 Å². The first-order valence-corrected chi connectivity index (χ1v) is 15.3. The van der Waals surface area contributed by atoms with Crippen molar-refractivity contribution in [3.8, 4) is 0 Å². The molecule has 3 aliphatic carbocycles. The van der Waals surface area contributed by atoms with E-state index in [2.05, 4.69) is 27.8 Å². The van der Waals surface area contributed by atoms with E-state index in [-0.39, 0.29) is 5.60 Å². The van der Waals surface area contributed by atoms with E-state index in [1.165, 1.54) is 57.1 Å². The van der Waals surface area contributed by atoms with Gasteiger partial charge in [0.15, 0.2) is 0 Å². The Morgan fingerprint density at radius 3 is 2.13 bits per heavy atom. The fourth-order valence-corrected chi connectivity index (χ4v) is 7.45. The topological polar surface area (TPSA) is 64.6 Å². The van der Waals surface area contributed by atoms with E-state index in [9.17, 15) is 0 Å². The average molecular weight is 542 g/mol. The number of benzene rings is 1. The van der Waals surface area contributed by atoms with Crippen molar-refractivity contribution in [3.63, 3.8) is 0 Å². The first-order chi connectivity index (χ1) is 18.4. The largest absolute Gasteiger partial charge is 0.382 e. The summed E-state index contributed by atoms with van der Waals surface area (Å²) in [6, 6.07) is 9.89. The van der Waals surface area contributed by atoms with E-state index in [4.69, 9.17) is 26.1 Å². The Hall–Kier alpha value is -1.44. The van der Waals surface area contributed by atoms with Crippen molar-refractivity contribution < 1.29 is 14.5 Å². The Bertz CT molecular complexity index is 1070. The number of nitrogens with zero attached hydrogens (tertiary/aromatic N) is 1. The highest BCUT2D eigenvalue weighted by Gasteiger charge is 2.45. The molecule has 2 heterocycles. The van der Waals surface area contributed by atoms with E-state index in [0.29, 0.717) is 24.7 Å². The second kappa shape index (κ2) is 11.2. The summed E-state index contributed by atoms with van der Waals surface area (Å²) >= 11 is 6.17. The number of hydrogen-bond donors (Lipinski definition) is 2. The van der Waals surface area contributed by atoms with E-state index in [1.807, 2.05) is 32.2 Å². The van der Waals surface area contributed by atoms with Crippen molar-refractivity contribution in [2.45, 2.75) is 120 Å². The highest BCUT2D eigenvalue weighted by molar-refractivity contribution is 6.31. The molecule has 0 unspecified atom stereocenters. The predicted octanol–water partition coefficient (Wildman–Crippen LogP) is 7.40. The van der Waals surface area contributed by atoms with Crippen LogP contribution >= 0.6 is 11.6 Å². The summed E-state index contributed by atoms with van der Waals surface area (Å²) in [7, 11) is 0. The molecule has 1 spiro atoms. The van der Waals surface area contributed by atoms with Crippen LogP contribution < -0.4 is 10.6 Å². The molecule has 4 aliphatic rings. The van der Waals surface area contributed by atoms with Crippen molar-refractivity contribution in [1.82, 2.24) is 10.3 Å². The van der Waals surface area contributed by atoms with Crippen LogP contribution in [-0.2, 0) is 14.5 Å². The number of pyridine rings is 1. The minimum Gasteiger partial charge on any atom is -0.382 e. The summed E-state index contributed by atoms with van der Waals surface area (Å²) in [6.45, 7) is 4.61. The lowest BCUT2D eigenvalue weighted by Crippen LogP contribution is -2.53. The van der Waals surface area contributed by atoms with Crippen LogP contribution in [0, 0.1) is 11.8 Å². The second-order valence-corrected chi connectivity index (χ2v) is 13.4. The number of aromatic nitrogens is 1. The van der Waals surface area contributed by atoms with Crippen LogP contribution in [-0.4, -0.2) is 41.1 Å². The van der Waals surface area contributed by atoms with Gasteiger partial charge in [-0.05, 0) is 114 Å². The van der Waals surface area contributed by atoms with E-state index in [0.717, 1.165) is 53.4 Å². The molecule has 1 aliphatic heterocycles. The SMILES string of the molecule is CC1(C)COC2(CCC(NC3CCC(C4CCC(Nc5ccnc6cc(Cl)ccc56)CC4)CC3)CC2)OO1. The highest BCUT2D eigenvalue weighted by Crippen LogP contribution is 2.41. The van der Waals surface area contributed by atoms with Crippen molar-refractivity contribution >= 4 is 28.2 Å². The molecule has 4 fully saturated rings. The summed E-state index contributed by atoms with van der Waals surface area (Å²) in [4.78, 5) is 15.8. The lowest BCUT2D eigenvalue weighted by atomic mass is 9.71. The number of fused-ring (bicyclic) bond motifs is 1. The molecule has 1 aromatic carbocycles. The third-order valence-electron chi connectivity index (χ3n) is 9.60. The normalized spacial score (nSPS) is 35.8. The molecule has 6 nitrogen and oxygen atoms in total. The molecule has 1 aromatic heterocycles. The number of hydrogen-bond acceptors (Lipinski definition) is 6. The van der Waals surface area contributed by atoms with Crippen LogP contribution in [0.4, 0.5) is 5.69 Å². The van der Waals surface area contributed by atoms with Gasteiger partial charge in [-0.3, -0.25) is 4.98 Å². The minimum absolute atomic E-state index is 0.349. The third-order valence-corrected chi connectivity index (χ3v) is 9.83. The highest BCUT2D eigenvalue weighted by atomic mass is 35.5. The Morgan fingerprint density at radius 2 is 1.47 bits per heavy atom. The van der Waals surface area contributed by atoms with Gasteiger partial charge < -0.3 is 15.4 Å². The maximum atomic E-state index is 6.17. The van der Waals surface area contributed by atoms with E-state index < -0.39 is 5.79 Å². The summed E-state index contributed by atoms with van der Waals surface area (Å²) in [5.41, 5.74) is 1.80. The first kappa shape index (κ1) is 26.8. The fraction of sp³-hybridized carbons (Fsp3) is 0.710. The molecule has 0 atom stereocenters. The van der Waals surface area contributed by atoms with Crippen LogP contribution in [0.5, 0.6) is 0 Å². The molecule has 208 valence electrons. The number of nitrogens with one attached hydrogen (secondary N) is 2. The molecular weight excluding hydrogens is 498 g/mol. The fourth-order valence-electron chi connectivity index (χ4n) is 7.29. The van der Waals surface area contributed by atoms with Gasteiger partial charge in [0.05, 0.1) is 12.1 Å². The van der Waals surface area contributed by atoms with Crippen LogP contribution in [0.15, 0.2) is 30.5 Å². The molecule has 7 heteroatoms. The van der Waals surface area contributed by atoms with E-state index >= 15 is 0 Å². The zero-order chi connectivity index (χ0) is 26.2. The average Bonchev–Trinajstić information content (AvgIpc) is 2.93. The molecule has 2 N–H and O–H groups in total. The Labute approximate surface area is 232 Å². The van der Waals surface area contributed by atoms with Crippen molar-refractivity contribution in [2.24, 2.45) is 11.8 Å².